The number of hydrogen-bond donors (Lipinski definition) is 1. The number of hydrogen-bond acceptors (Lipinski definition) is 5. The van der Waals surface area contributed by atoms with Crippen LogP contribution in [0, 0.1) is 0 Å². The first-order valence-corrected chi connectivity index (χ1v) is 8.41. The van der Waals surface area contributed by atoms with Crippen LogP contribution in [0.25, 0.3) is 0 Å². The van der Waals surface area contributed by atoms with Gasteiger partial charge in [0, 0.05) is 12.0 Å². The maximum atomic E-state index is 12.1. The van der Waals surface area contributed by atoms with Crippen LogP contribution >= 0.6 is 11.3 Å². The Kier molecular flexibility index (Phi) is 6.33. The number of ether oxygens (including phenoxy) is 1. The molecule has 22 heavy (non-hydrogen) atoms. The number of nitrogens with zero attached hydrogens (tertiary/aromatic N) is 2. The zero-order valence-electron chi connectivity index (χ0n) is 13.0. The molecule has 2 rings (SSSR count). The first-order valence-electron chi connectivity index (χ1n) is 7.59. The van der Waals surface area contributed by atoms with Gasteiger partial charge < -0.3 is 4.74 Å². The molecule has 1 amide bonds. The van der Waals surface area contributed by atoms with E-state index in [1.807, 2.05) is 6.92 Å². The molecule has 0 saturated heterocycles. The minimum absolute atomic E-state index is 0.181. The van der Waals surface area contributed by atoms with E-state index in [-0.39, 0.29) is 5.91 Å². The fourth-order valence-electron chi connectivity index (χ4n) is 1.97. The van der Waals surface area contributed by atoms with E-state index in [2.05, 4.69) is 22.4 Å². The highest BCUT2D eigenvalue weighted by Gasteiger charge is 2.10. The van der Waals surface area contributed by atoms with Crippen molar-refractivity contribution in [3.8, 4) is 5.75 Å². The number of carbonyl (C=O) groups is 1. The van der Waals surface area contributed by atoms with Crippen LogP contribution in [0.3, 0.4) is 0 Å². The summed E-state index contributed by atoms with van der Waals surface area (Å²) in [6.45, 7) is 4.70. The lowest BCUT2D eigenvalue weighted by Gasteiger charge is -2.04. The van der Waals surface area contributed by atoms with Crippen molar-refractivity contribution in [1.82, 2.24) is 10.2 Å². The monoisotopic (exact) mass is 319 g/mol. The highest BCUT2D eigenvalue weighted by atomic mass is 32.1. The van der Waals surface area contributed by atoms with Gasteiger partial charge in [0.05, 0.1) is 6.61 Å². The lowest BCUT2D eigenvalue weighted by atomic mass is 10.2. The number of benzene rings is 1. The Morgan fingerprint density at radius 1 is 1.18 bits per heavy atom. The minimum Gasteiger partial charge on any atom is -0.494 e. The number of carbonyl (C=O) groups excluding carboxylic acids is 1. The van der Waals surface area contributed by atoms with Gasteiger partial charge in [0.1, 0.15) is 10.8 Å². The molecule has 2 aromatic rings. The molecular formula is C16H21N3O2S. The number of aryl methyl sites for hydroxylation is 1. The van der Waals surface area contributed by atoms with Crippen LogP contribution in [-0.2, 0) is 6.42 Å². The Labute approximate surface area is 134 Å². The predicted octanol–water partition coefficient (Wildman–Crippen LogP) is 3.92. The minimum atomic E-state index is -0.181. The molecular weight excluding hydrogens is 298 g/mol. The SMILES string of the molecule is CCCCCc1nnc(NC(=O)c2ccc(OCC)cc2)s1. The Hall–Kier alpha value is -1.95. The van der Waals surface area contributed by atoms with Gasteiger partial charge in [0.15, 0.2) is 0 Å². The molecule has 0 aliphatic carbocycles. The van der Waals surface area contributed by atoms with Crippen molar-refractivity contribution in [2.75, 3.05) is 11.9 Å². The Morgan fingerprint density at radius 3 is 2.64 bits per heavy atom. The Morgan fingerprint density at radius 2 is 1.95 bits per heavy atom. The maximum absolute atomic E-state index is 12.1. The topological polar surface area (TPSA) is 64.1 Å². The van der Waals surface area contributed by atoms with Gasteiger partial charge in [0.2, 0.25) is 5.13 Å². The summed E-state index contributed by atoms with van der Waals surface area (Å²) in [4.78, 5) is 12.1. The van der Waals surface area contributed by atoms with Crippen molar-refractivity contribution < 1.29 is 9.53 Å². The van der Waals surface area contributed by atoms with Crippen molar-refractivity contribution in [1.29, 1.82) is 0 Å². The third kappa shape index (κ3) is 4.80. The average Bonchev–Trinajstić information content (AvgIpc) is 2.96. The van der Waals surface area contributed by atoms with Gasteiger partial charge in [-0.15, -0.1) is 10.2 Å². The van der Waals surface area contributed by atoms with E-state index < -0.39 is 0 Å². The largest absolute Gasteiger partial charge is 0.494 e. The molecule has 0 atom stereocenters. The lowest BCUT2D eigenvalue weighted by molar-refractivity contribution is 0.102. The number of rotatable bonds is 8. The van der Waals surface area contributed by atoms with Crippen molar-refractivity contribution in [3.05, 3.63) is 34.8 Å². The fraction of sp³-hybridized carbons (Fsp3) is 0.438. The zero-order chi connectivity index (χ0) is 15.8. The number of aromatic nitrogens is 2. The second-order valence-electron chi connectivity index (χ2n) is 4.87. The number of anilines is 1. The summed E-state index contributed by atoms with van der Waals surface area (Å²) >= 11 is 1.44. The lowest BCUT2D eigenvalue weighted by Crippen LogP contribution is -2.11. The zero-order valence-corrected chi connectivity index (χ0v) is 13.8. The number of amides is 1. The summed E-state index contributed by atoms with van der Waals surface area (Å²) < 4.78 is 5.36. The summed E-state index contributed by atoms with van der Waals surface area (Å²) in [5.74, 6) is 0.576. The van der Waals surface area contributed by atoms with E-state index in [4.69, 9.17) is 4.74 Å². The first-order chi connectivity index (χ1) is 10.7. The van der Waals surface area contributed by atoms with Crippen LogP contribution < -0.4 is 10.1 Å². The van der Waals surface area contributed by atoms with E-state index in [9.17, 15) is 4.79 Å². The Bertz CT molecular complexity index is 596. The molecule has 0 fully saturated rings. The third-order valence-corrected chi connectivity index (χ3v) is 4.01. The molecule has 0 aliphatic heterocycles. The number of unbranched alkanes of at least 4 members (excludes halogenated alkanes) is 2. The predicted molar refractivity (Wildman–Crippen MR) is 88.7 cm³/mol. The van der Waals surface area contributed by atoms with E-state index in [1.165, 1.54) is 24.2 Å². The van der Waals surface area contributed by atoms with E-state index in [0.29, 0.717) is 17.3 Å². The molecule has 1 heterocycles. The third-order valence-electron chi connectivity index (χ3n) is 3.11. The molecule has 0 saturated carbocycles. The summed E-state index contributed by atoms with van der Waals surface area (Å²) in [5.41, 5.74) is 0.575. The summed E-state index contributed by atoms with van der Waals surface area (Å²) in [7, 11) is 0. The molecule has 1 N–H and O–H groups in total. The smallest absolute Gasteiger partial charge is 0.257 e. The molecule has 5 nitrogen and oxygen atoms in total. The second kappa shape index (κ2) is 8.48. The quantitative estimate of drug-likeness (QED) is 0.749. The summed E-state index contributed by atoms with van der Waals surface area (Å²) in [5, 5.41) is 12.4. The van der Waals surface area contributed by atoms with Crippen LogP contribution in [0.15, 0.2) is 24.3 Å². The van der Waals surface area contributed by atoms with Gasteiger partial charge in [0.25, 0.3) is 5.91 Å². The van der Waals surface area contributed by atoms with E-state index >= 15 is 0 Å². The Balaban J connectivity index is 1.91. The number of nitrogens with one attached hydrogen (secondary N) is 1. The van der Waals surface area contributed by atoms with Crippen molar-refractivity contribution >= 4 is 22.4 Å². The fourth-order valence-corrected chi connectivity index (χ4v) is 2.75. The van der Waals surface area contributed by atoms with Crippen LogP contribution in [-0.4, -0.2) is 22.7 Å². The van der Waals surface area contributed by atoms with E-state index in [1.54, 1.807) is 24.3 Å². The van der Waals surface area contributed by atoms with E-state index in [0.717, 1.165) is 23.6 Å². The molecule has 118 valence electrons. The molecule has 1 aromatic carbocycles. The van der Waals surface area contributed by atoms with Crippen LogP contribution in [0.4, 0.5) is 5.13 Å². The molecule has 0 radical (unpaired) electrons. The summed E-state index contributed by atoms with van der Waals surface area (Å²) in [6.07, 6.45) is 4.40. The van der Waals surface area contributed by atoms with Gasteiger partial charge in [-0.2, -0.15) is 0 Å². The second-order valence-corrected chi connectivity index (χ2v) is 5.93. The summed E-state index contributed by atoms with van der Waals surface area (Å²) in [6, 6.07) is 7.05. The molecule has 6 heteroatoms. The average molecular weight is 319 g/mol. The molecule has 0 bridgehead atoms. The molecule has 1 aromatic heterocycles. The van der Waals surface area contributed by atoms with Crippen LogP contribution in [0.5, 0.6) is 5.75 Å². The van der Waals surface area contributed by atoms with Crippen LogP contribution in [0.1, 0.15) is 48.5 Å². The van der Waals surface area contributed by atoms with Crippen LogP contribution in [0.2, 0.25) is 0 Å². The highest BCUT2D eigenvalue weighted by Crippen LogP contribution is 2.19. The maximum Gasteiger partial charge on any atom is 0.257 e. The van der Waals surface area contributed by atoms with Gasteiger partial charge in [-0.1, -0.05) is 31.1 Å². The van der Waals surface area contributed by atoms with Crippen molar-refractivity contribution in [2.24, 2.45) is 0 Å². The van der Waals surface area contributed by atoms with Crippen molar-refractivity contribution in [2.45, 2.75) is 39.5 Å². The highest BCUT2D eigenvalue weighted by molar-refractivity contribution is 7.15. The molecule has 0 spiro atoms. The van der Waals surface area contributed by atoms with Gasteiger partial charge >= 0.3 is 0 Å². The van der Waals surface area contributed by atoms with Gasteiger partial charge in [-0.3, -0.25) is 10.1 Å². The molecule has 0 aliphatic rings. The van der Waals surface area contributed by atoms with Gasteiger partial charge in [-0.05, 0) is 37.6 Å². The normalized spacial score (nSPS) is 10.5. The first kappa shape index (κ1) is 16.4. The molecule has 0 unspecified atom stereocenters. The standard InChI is InChI=1S/C16H21N3O2S/c1-3-5-6-7-14-18-19-16(22-14)17-15(20)12-8-10-13(11-9-12)21-4-2/h8-11H,3-7H2,1-2H3,(H,17,19,20). The van der Waals surface area contributed by atoms with Gasteiger partial charge in [-0.25, -0.2) is 0 Å². The van der Waals surface area contributed by atoms with Crippen molar-refractivity contribution in [3.63, 3.8) is 0 Å².